The van der Waals surface area contributed by atoms with Crippen LogP contribution in [-0.4, -0.2) is 25.7 Å². The van der Waals surface area contributed by atoms with Gasteiger partial charge >= 0.3 is 0 Å². The Balaban J connectivity index is 1.45. The van der Waals surface area contributed by atoms with Crippen LogP contribution in [-0.2, 0) is 24.3 Å². The number of benzene rings is 2. The third-order valence-electron chi connectivity index (χ3n) is 4.71. The van der Waals surface area contributed by atoms with Crippen molar-refractivity contribution in [3.63, 3.8) is 0 Å². The Bertz CT molecular complexity index is 1170. The van der Waals surface area contributed by atoms with Crippen LogP contribution in [0.15, 0.2) is 65.5 Å². The van der Waals surface area contributed by atoms with E-state index in [0.717, 1.165) is 23.0 Å². The van der Waals surface area contributed by atoms with Crippen LogP contribution in [0.25, 0.3) is 22.3 Å². The molecule has 146 valence electrons. The SMILES string of the molecule is CCc1ccc(-c2ccc(=O)n(CC(=O)NCc3nc4ccccc4[nH]3)n2)cc1. The van der Waals surface area contributed by atoms with Gasteiger partial charge in [0.05, 0.1) is 23.3 Å². The highest BCUT2D eigenvalue weighted by atomic mass is 16.2. The van der Waals surface area contributed by atoms with Crippen LogP contribution in [0.4, 0.5) is 0 Å². The van der Waals surface area contributed by atoms with Gasteiger partial charge < -0.3 is 10.3 Å². The van der Waals surface area contributed by atoms with Gasteiger partial charge in [0.1, 0.15) is 12.4 Å². The number of nitrogens with one attached hydrogen (secondary N) is 2. The fraction of sp³-hybridized carbons (Fsp3) is 0.182. The first-order chi connectivity index (χ1) is 14.1. The van der Waals surface area contributed by atoms with E-state index >= 15 is 0 Å². The van der Waals surface area contributed by atoms with Crippen LogP contribution < -0.4 is 10.9 Å². The lowest BCUT2D eigenvalue weighted by Crippen LogP contribution is -2.33. The number of carbonyl (C=O) groups is 1. The molecule has 2 N–H and O–H groups in total. The smallest absolute Gasteiger partial charge is 0.267 e. The van der Waals surface area contributed by atoms with E-state index in [0.29, 0.717) is 11.5 Å². The zero-order valence-corrected chi connectivity index (χ0v) is 16.1. The highest BCUT2D eigenvalue weighted by Crippen LogP contribution is 2.16. The summed E-state index contributed by atoms with van der Waals surface area (Å²) in [7, 11) is 0. The summed E-state index contributed by atoms with van der Waals surface area (Å²) in [5.41, 5.74) is 4.22. The molecule has 4 rings (SSSR count). The van der Waals surface area contributed by atoms with Gasteiger partial charge in [-0.3, -0.25) is 9.59 Å². The molecule has 0 fully saturated rings. The number of hydrogen-bond donors (Lipinski definition) is 2. The van der Waals surface area contributed by atoms with Gasteiger partial charge in [-0.05, 0) is 30.2 Å². The first kappa shape index (κ1) is 18.6. The second-order valence-electron chi connectivity index (χ2n) is 6.74. The molecule has 0 bridgehead atoms. The number of nitrogens with zero attached hydrogens (tertiary/aromatic N) is 3. The molecule has 7 heteroatoms. The van der Waals surface area contributed by atoms with Crippen molar-refractivity contribution in [3.05, 3.63) is 82.4 Å². The van der Waals surface area contributed by atoms with Gasteiger partial charge in [0.2, 0.25) is 5.91 Å². The minimum Gasteiger partial charge on any atom is -0.347 e. The Hall–Kier alpha value is -3.74. The number of carbonyl (C=O) groups excluding carboxylic acids is 1. The first-order valence-corrected chi connectivity index (χ1v) is 9.50. The second-order valence-corrected chi connectivity index (χ2v) is 6.74. The molecule has 0 radical (unpaired) electrons. The minimum absolute atomic E-state index is 0.153. The number of H-pyrrole nitrogens is 1. The maximum atomic E-state index is 12.3. The van der Waals surface area contributed by atoms with Crippen LogP contribution in [0.1, 0.15) is 18.3 Å². The normalized spacial score (nSPS) is 10.9. The molecular weight excluding hydrogens is 366 g/mol. The highest BCUT2D eigenvalue weighted by molar-refractivity contribution is 5.76. The summed E-state index contributed by atoms with van der Waals surface area (Å²) in [6.45, 7) is 2.19. The molecule has 0 unspecified atom stereocenters. The zero-order chi connectivity index (χ0) is 20.2. The van der Waals surface area contributed by atoms with Crippen molar-refractivity contribution in [1.29, 1.82) is 0 Å². The molecule has 2 heterocycles. The van der Waals surface area contributed by atoms with Crippen molar-refractivity contribution >= 4 is 16.9 Å². The van der Waals surface area contributed by atoms with Crippen molar-refractivity contribution in [2.75, 3.05) is 0 Å². The summed E-state index contributed by atoms with van der Waals surface area (Å²) in [5, 5.41) is 7.13. The molecule has 0 aliphatic carbocycles. The Morgan fingerprint density at radius 3 is 2.62 bits per heavy atom. The van der Waals surface area contributed by atoms with E-state index in [-0.39, 0.29) is 24.6 Å². The number of fused-ring (bicyclic) bond motifs is 1. The van der Waals surface area contributed by atoms with Crippen LogP contribution in [0.2, 0.25) is 0 Å². The monoisotopic (exact) mass is 387 g/mol. The Morgan fingerprint density at radius 1 is 1.07 bits per heavy atom. The van der Waals surface area contributed by atoms with Gasteiger partial charge in [0, 0.05) is 11.6 Å². The number of para-hydroxylation sites is 2. The molecule has 7 nitrogen and oxygen atoms in total. The van der Waals surface area contributed by atoms with E-state index in [1.165, 1.54) is 16.3 Å². The number of amides is 1. The van der Waals surface area contributed by atoms with Crippen molar-refractivity contribution in [2.45, 2.75) is 26.4 Å². The first-order valence-electron chi connectivity index (χ1n) is 9.50. The molecule has 0 atom stereocenters. The van der Waals surface area contributed by atoms with Crippen molar-refractivity contribution in [2.24, 2.45) is 0 Å². The van der Waals surface area contributed by atoms with E-state index in [9.17, 15) is 9.59 Å². The standard InChI is InChI=1S/C22H21N5O2/c1-2-15-7-9-16(10-8-15)17-11-12-22(29)27(26-17)14-21(28)23-13-20-24-18-5-3-4-6-19(18)25-20/h3-12H,2,13-14H2,1H3,(H,23,28)(H,24,25). The van der Waals surface area contributed by atoms with Gasteiger partial charge in [0.25, 0.3) is 5.56 Å². The number of hydrogen-bond acceptors (Lipinski definition) is 4. The third-order valence-corrected chi connectivity index (χ3v) is 4.71. The molecular formula is C22H21N5O2. The van der Waals surface area contributed by atoms with Crippen LogP contribution in [0.3, 0.4) is 0 Å². The summed E-state index contributed by atoms with van der Waals surface area (Å²) >= 11 is 0. The maximum absolute atomic E-state index is 12.3. The van der Waals surface area contributed by atoms with Crippen LogP contribution in [0.5, 0.6) is 0 Å². The van der Waals surface area contributed by atoms with Gasteiger partial charge in [-0.15, -0.1) is 0 Å². The number of aromatic nitrogens is 4. The molecule has 4 aromatic rings. The molecule has 2 aromatic carbocycles. The van der Waals surface area contributed by atoms with Gasteiger partial charge in [-0.2, -0.15) is 5.10 Å². The van der Waals surface area contributed by atoms with Crippen molar-refractivity contribution in [1.82, 2.24) is 25.1 Å². The zero-order valence-electron chi connectivity index (χ0n) is 16.1. The summed E-state index contributed by atoms with van der Waals surface area (Å²) < 4.78 is 1.18. The Kier molecular flexibility index (Phi) is 5.20. The second kappa shape index (κ2) is 8.10. The molecule has 0 saturated carbocycles. The van der Waals surface area contributed by atoms with E-state index in [4.69, 9.17) is 0 Å². The van der Waals surface area contributed by atoms with Crippen molar-refractivity contribution < 1.29 is 4.79 Å². The lowest BCUT2D eigenvalue weighted by atomic mass is 10.1. The molecule has 1 amide bonds. The average Bonchev–Trinajstić information content (AvgIpc) is 3.17. The van der Waals surface area contributed by atoms with Gasteiger partial charge in [0.15, 0.2) is 0 Å². The van der Waals surface area contributed by atoms with Crippen LogP contribution >= 0.6 is 0 Å². The van der Waals surface area contributed by atoms with Gasteiger partial charge in [-0.25, -0.2) is 9.67 Å². The summed E-state index contributed by atoms with van der Waals surface area (Å²) in [5.74, 6) is 0.350. The topological polar surface area (TPSA) is 92.7 Å². The van der Waals surface area contributed by atoms with E-state index in [1.807, 2.05) is 48.5 Å². The van der Waals surface area contributed by atoms with Crippen LogP contribution in [0, 0.1) is 0 Å². The summed E-state index contributed by atoms with van der Waals surface area (Å²) in [4.78, 5) is 32.0. The maximum Gasteiger partial charge on any atom is 0.267 e. The fourth-order valence-electron chi connectivity index (χ4n) is 3.09. The molecule has 2 aromatic heterocycles. The average molecular weight is 387 g/mol. The predicted octanol–water partition coefficient (Wildman–Crippen LogP) is 2.67. The molecule has 0 aliphatic rings. The van der Waals surface area contributed by atoms with Gasteiger partial charge in [-0.1, -0.05) is 43.3 Å². The van der Waals surface area contributed by atoms with E-state index < -0.39 is 0 Å². The van der Waals surface area contributed by atoms with E-state index in [2.05, 4.69) is 27.3 Å². The quantitative estimate of drug-likeness (QED) is 0.532. The van der Waals surface area contributed by atoms with Crippen molar-refractivity contribution in [3.8, 4) is 11.3 Å². The molecule has 0 spiro atoms. The minimum atomic E-state index is -0.321. The Morgan fingerprint density at radius 2 is 1.86 bits per heavy atom. The largest absolute Gasteiger partial charge is 0.347 e. The fourth-order valence-corrected chi connectivity index (χ4v) is 3.09. The highest BCUT2D eigenvalue weighted by Gasteiger charge is 2.09. The number of rotatable bonds is 6. The third kappa shape index (κ3) is 4.24. The lowest BCUT2D eigenvalue weighted by molar-refractivity contribution is -0.122. The summed E-state index contributed by atoms with van der Waals surface area (Å²) in [6, 6.07) is 18.8. The predicted molar refractivity (Wildman–Crippen MR) is 111 cm³/mol. The molecule has 0 saturated heterocycles. The number of imidazole rings is 1. The Labute approximate surface area is 167 Å². The summed E-state index contributed by atoms with van der Waals surface area (Å²) in [6.07, 6.45) is 0.957. The molecule has 0 aliphatic heterocycles. The van der Waals surface area contributed by atoms with E-state index in [1.54, 1.807) is 6.07 Å². The lowest BCUT2D eigenvalue weighted by Gasteiger charge is -2.08. The molecule has 29 heavy (non-hydrogen) atoms. The number of aromatic amines is 1. The number of aryl methyl sites for hydroxylation is 1.